The van der Waals surface area contributed by atoms with Crippen molar-refractivity contribution < 1.29 is 22.5 Å². The van der Waals surface area contributed by atoms with Gasteiger partial charge in [-0.1, -0.05) is 22.6 Å². The Kier molecular flexibility index (Phi) is 7.51. The summed E-state index contributed by atoms with van der Waals surface area (Å²) in [7, 11) is -2.47. The smallest absolute Gasteiger partial charge is 0.215 e. The average Bonchev–Trinajstić information content (AvgIpc) is 2.73. The van der Waals surface area contributed by atoms with Crippen LogP contribution in [0.3, 0.4) is 0 Å². The highest BCUT2D eigenvalue weighted by Gasteiger charge is 2.16. The maximum absolute atomic E-state index is 14.7. The first-order chi connectivity index (χ1) is 16.2. The van der Waals surface area contributed by atoms with E-state index in [9.17, 15) is 13.0 Å². The zero-order valence-electron chi connectivity index (χ0n) is 18.6. The molecule has 0 saturated heterocycles. The molecule has 0 amide bonds. The molecule has 1 aliphatic heterocycles. The highest BCUT2D eigenvalue weighted by atomic mass is 127. The van der Waals surface area contributed by atoms with E-state index in [1.807, 2.05) is 6.92 Å². The molecule has 3 aromatic rings. The van der Waals surface area contributed by atoms with E-state index in [4.69, 9.17) is 9.47 Å². The standard InChI is InChI=1S/C23H23F2IN4O3S/c1-14(26)30-34(2,31)13-15-8-22-28-21-11-18(19(25)12-27-21)17-5-4-16(24)10-20(17)32-6-3-7-33-23(9-15)29-22/h4-5,8-12,14H,3,6-7,13H2,1-2H3,(H,27,28,29). The Morgan fingerprint density at radius 3 is 2.74 bits per heavy atom. The first-order valence-electron chi connectivity index (χ1n) is 10.5. The van der Waals surface area contributed by atoms with Crippen molar-refractivity contribution in [3.63, 3.8) is 0 Å². The van der Waals surface area contributed by atoms with Crippen LogP contribution < -0.4 is 14.8 Å². The molecule has 1 aliphatic rings. The fourth-order valence-electron chi connectivity index (χ4n) is 3.53. The number of hydrogen-bond acceptors (Lipinski definition) is 7. The number of hydrogen-bond donors (Lipinski definition) is 1. The third-order valence-electron chi connectivity index (χ3n) is 4.81. The van der Waals surface area contributed by atoms with E-state index in [2.05, 4.69) is 42.2 Å². The molecular formula is C23H23F2IN4O3S. The minimum atomic E-state index is -2.47. The van der Waals surface area contributed by atoms with Crippen LogP contribution in [0.15, 0.2) is 47.0 Å². The van der Waals surface area contributed by atoms with Gasteiger partial charge in [-0.25, -0.2) is 22.3 Å². The lowest BCUT2D eigenvalue weighted by atomic mass is 10.0. The second-order valence-electron chi connectivity index (χ2n) is 7.85. The normalized spacial score (nSPS) is 15.9. The van der Waals surface area contributed by atoms with E-state index in [0.717, 1.165) is 11.8 Å². The van der Waals surface area contributed by atoms with Crippen LogP contribution in [0.25, 0.3) is 11.1 Å². The number of fused-ring (bicyclic) bond motifs is 6. The predicted molar refractivity (Wildman–Crippen MR) is 136 cm³/mol. The molecule has 0 aliphatic carbocycles. The van der Waals surface area contributed by atoms with Gasteiger partial charge in [0.2, 0.25) is 5.88 Å². The topological polar surface area (TPSA) is 85.7 Å². The largest absolute Gasteiger partial charge is 0.493 e. The lowest BCUT2D eigenvalue weighted by Gasteiger charge is -2.16. The van der Waals surface area contributed by atoms with Crippen LogP contribution in [-0.4, -0.2) is 37.7 Å². The Hall–Kier alpha value is -2.54. The summed E-state index contributed by atoms with van der Waals surface area (Å²) in [6, 6.07) is 8.93. The van der Waals surface area contributed by atoms with Gasteiger partial charge in [-0.05, 0) is 36.8 Å². The first kappa shape index (κ1) is 24.6. The summed E-state index contributed by atoms with van der Waals surface area (Å²) in [5, 5.41) is 3.07. The van der Waals surface area contributed by atoms with Crippen LogP contribution in [0, 0.1) is 11.6 Å². The van der Waals surface area contributed by atoms with Gasteiger partial charge in [-0.3, -0.25) is 0 Å². The highest BCUT2D eigenvalue weighted by molar-refractivity contribution is 14.1. The summed E-state index contributed by atoms with van der Waals surface area (Å²) >= 11 is 2.11. The number of rotatable bonds is 3. The van der Waals surface area contributed by atoms with E-state index in [1.165, 1.54) is 24.3 Å². The minimum absolute atomic E-state index is 0.0889. The first-order valence-corrected chi connectivity index (χ1v) is 13.8. The van der Waals surface area contributed by atoms with E-state index in [-0.39, 0.29) is 34.3 Å². The van der Waals surface area contributed by atoms with Gasteiger partial charge in [0.05, 0.1) is 25.2 Å². The second kappa shape index (κ2) is 10.4. The molecule has 7 nitrogen and oxygen atoms in total. The van der Waals surface area contributed by atoms with Crippen molar-refractivity contribution in [2.24, 2.45) is 4.36 Å². The number of halogens is 3. The van der Waals surface area contributed by atoms with Crippen molar-refractivity contribution >= 4 is 44.0 Å². The Morgan fingerprint density at radius 1 is 1.15 bits per heavy atom. The van der Waals surface area contributed by atoms with Gasteiger partial charge in [-0.2, -0.15) is 4.98 Å². The zero-order valence-corrected chi connectivity index (χ0v) is 21.5. The lowest BCUT2D eigenvalue weighted by molar-refractivity contribution is 0.242. The number of ether oxygens (including phenoxy) is 2. The zero-order chi connectivity index (χ0) is 24.3. The number of aromatic nitrogens is 2. The molecule has 0 spiro atoms. The van der Waals surface area contributed by atoms with Crippen LogP contribution in [0.5, 0.6) is 11.6 Å². The maximum atomic E-state index is 14.7. The molecule has 2 aromatic heterocycles. The molecule has 0 saturated carbocycles. The van der Waals surface area contributed by atoms with Gasteiger partial charge < -0.3 is 14.8 Å². The lowest BCUT2D eigenvalue weighted by Crippen LogP contribution is -2.10. The highest BCUT2D eigenvalue weighted by Crippen LogP contribution is 2.34. The maximum Gasteiger partial charge on any atom is 0.215 e. The Balaban J connectivity index is 1.76. The van der Waals surface area contributed by atoms with Crippen LogP contribution >= 0.6 is 22.6 Å². The second-order valence-corrected chi connectivity index (χ2v) is 12.1. The molecule has 11 heteroatoms. The number of nitrogens with one attached hydrogen (secondary N) is 1. The SMILES string of the molecule is CC(I)N=S(C)(=O)Cc1cc2nc(c1)OCCCOc1cc(F)ccc1-c1cc(ncc1F)N2. The molecule has 1 N–H and O–H groups in total. The van der Waals surface area contributed by atoms with Crippen molar-refractivity contribution in [1.29, 1.82) is 0 Å². The van der Waals surface area contributed by atoms with Gasteiger partial charge in [0.1, 0.15) is 33.1 Å². The van der Waals surface area contributed by atoms with Gasteiger partial charge in [0, 0.05) is 45.7 Å². The Bertz CT molecular complexity index is 1330. The molecule has 2 unspecified atom stereocenters. The predicted octanol–water partition coefficient (Wildman–Crippen LogP) is 5.71. The molecule has 34 heavy (non-hydrogen) atoms. The van der Waals surface area contributed by atoms with Crippen molar-refractivity contribution in [3.05, 3.63) is 59.8 Å². The molecular weight excluding hydrogens is 577 g/mol. The quantitative estimate of drug-likeness (QED) is 0.236. The van der Waals surface area contributed by atoms with Crippen molar-refractivity contribution in [3.8, 4) is 22.8 Å². The van der Waals surface area contributed by atoms with Crippen LogP contribution in [0.2, 0.25) is 0 Å². The Labute approximate surface area is 210 Å². The van der Waals surface area contributed by atoms with E-state index in [1.54, 1.807) is 18.4 Å². The molecule has 4 rings (SSSR count). The average molecular weight is 600 g/mol. The van der Waals surface area contributed by atoms with Gasteiger partial charge >= 0.3 is 0 Å². The third kappa shape index (κ3) is 6.32. The summed E-state index contributed by atoms with van der Waals surface area (Å²) in [6.45, 7) is 2.39. The van der Waals surface area contributed by atoms with Gasteiger partial charge in [-0.15, -0.1) is 0 Å². The number of alkyl halides is 1. The van der Waals surface area contributed by atoms with Crippen molar-refractivity contribution in [2.45, 2.75) is 23.1 Å². The third-order valence-corrected chi connectivity index (χ3v) is 7.09. The molecule has 0 radical (unpaired) electrons. The Morgan fingerprint density at radius 2 is 1.94 bits per heavy atom. The van der Waals surface area contributed by atoms with Crippen LogP contribution in [0.4, 0.5) is 20.4 Å². The summed E-state index contributed by atoms with van der Waals surface area (Å²) in [4.78, 5) is 8.57. The van der Waals surface area contributed by atoms with Gasteiger partial charge in [0.25, 0.3) is 0 Å². The van der Waals surface area contributed by atoms with Crippen LogP contribution in [-0.2, 0) is 15.5 Å². The number of benzene rings is 1. The van der Waals surface area contributed by atoms with Crippen LogP contribution in [0.1, 0.15) is 18.9 Å². The fraction of sp³-hybridized carbons (Fsp3) is 0.304. The van der Waals surface area contributed by atoms with Crippen molar-refractivity contribution in [2.75, 3.05) is 24.8 Å². The molecule has 4 bridgehead atoms. The molecule has 180 valence electrons. The fourth-order valence-corrected chi connectivity index (χ4v) is 6.45. The van der Waals surface area contributed by atoms with E-state index >= 15 is 0 Å². The summed E-state index contributed by atoms with van der Waals surface area (Å²) in [6.07, 6.45) is 3.19. The summed E-state index contributed by atoms with van der Waals surface area (Å²) in [5.41, 5.74) is 1.35. The number of anilines is 2. The van der Waals surface area contributed by atoms with E-state index < -0.39 is 21.4 Å². The molecule has 1 aromatic carbocycles. The molecule has 2 atom stereocenters. The summed E-state index contributed by atoms with van der Waals surface area (Å²) in [5.74, 6) is 0.469. The summed E-state index contributed by atoms with van der Waals surface area (Å²) < 4.78 is 57.3. The number of pyridine rings is 2. The van der Waals surface area contributed by atoms with Gasteiger partial charge in [0.15, 0.2) is 0 Å². The monoisotopic (exact) mass is 600 g/mol. The number of nitrogens with zero attached hydrogens (tertiary/aromatic N) is 3. The molecule has 0 fully saturated rings. The minimum Gasteiger partial charge on any atom is -0.493 e. The van der Waals surface area contributed by atoms with Crippen molar-refractivity contribution in [1.82, 2.24) is 9.97 Å². The van der Waals surface area contributed by atoms with E-state index in [0.29, 0.717) is 29.5 Å². The molecule has 3 heterocycles.